The number of hydrogen-bond donors (Lipinski definition) is 1. The van der Waals surface area contributed by atoms with Gasteiger partial charge in [0.15, 0.2) is 5.78 Å². The van der Waals surface area contributed by atoms with Crippen LogP contribution < -0.4 is 4.74 Å². The summed E-state index contributed by atoms with van der Waals surface area (Å²) in [6, 6.07) is 16.5. The van der Waals surface area contributed by atoms with Gasteiger partial charge in [0.25, 0.3) is 0 Å². The molecule has 31 heavy (non-hydrogen) atoms. The average Bonchev–Trinajstić information content (AvgIpc) is 2.76. The third kappa shape index (κ3) is 4.77. The summed E-state index contributed by atoms with van der Waals surface area (Å²) < 4.78 is 15.5. The molecule has 7 nitrogen and oxygen atoms in total. The molecule has 0 bridgehead atoms. The number of esters is 2. The van der Waals surface area contributed by atoms with Gasteiger partial charge >= 0.3 is 11.9 Å². The molecule has 1 N–H and O–H groups in total. The number of carbonyl (C=O) groups excluding carboxylic acids is 3. The Bertz CT molecular complexity index is 934. The number of ether oxygens (including phenoxy) is 3. The normalized spacial score (nSPS) is 25.5. The van der Waals surface area contributed by atoms with Crippen LogP contribution in [-0.2, 0) is 30.5 Å². The molecular formula is C24H26O7. The molecule has 3 rings (SSSR count). The second-order valence-electron chi connectivity index (χ2n) is 7.87. The second kappa shape index (κ2) is 9.31. The maximum Gasteiger partial charge on any atom is 0.316 e. The molecule has 0 unspecified atom stereocenters. The fourth-order valence-corrected chi connectivity index (χ4v) is 4.20. The van der Waals surface area contributed by atoms with Crippen LogP contribution in [0, 0.1) is 11.8 Å². The van der Waals surface area contributed by atoms with E-state index in [9.17, 15) is 19.5 Å². The van der Waals surface area contributed by atoms with Crippen LogP contribution in [0.4, 0.5) is 0 Å². The number of Topliss-reactive ketones (excluding diaryl/α,β-unsaturated/α-hetero) is 1. The van der Waals surface area contributed by atoms with Gasteiger partial charge < -0.3 is 19.3 Å². The third-order valence-corrected chi connectivity index (χ3v) is 5.69. The van der Waals surface area contributed by atoms with E-state index >= 15 is 0 Å². The Hall–Kier alpha value is -3.19. The Kier molecular flexibility index (Phi) is 6.75. The molecular weight excluding hydrogens is 400 g/mol. The molecule has 0 radical (unpaired) electrons. The van der Waals surface area contributed by atoms with E-state index in [1.165, 1.54) is 21.1 Å². The molecule has 1 aliphatic rings. The third-order valence-electron chi connectivity index (χ3n) is 5.69. The van der Waals surface area contributed by atoms with Gasteiger partial charge in [-0.15, -0.1) is 0 Å². The predicted octanol–water partition coefficient (Wildman–Crippen LogP) is 2.65. The van der Waals surface area contributed by atoms with Crippen LogP contribution in [0.5, 0.6) is 5.75 Å². The van der Waals surface area contributed by atoms with Crippen molar-refractivity contribution < 1.29 is 33.7 Å². The average molecular weight is 426 g/mol. The fraction of sp³-hybridized carbons (Fsp3) is 0.375. The van der Waals surface area contributed by atoms with Gasteiger partial charge in [-0.2, -0.15) is 0 Å². The molecule has 0 amide bonds. The summed E-state index contributed by atoms with van der Waals surface area (Å²) >= 11 is 0. The highest BCUT2D eigenvalue weighted by Crippen LogP contribution is 2.46. The van der Waals surface area contributed by atoms with E-state index in [1.54, 1.807) is 24.3 Å². The summed E-state index contributed by atoms with van der Waals surface area (Å²) in [4.78, 5) is 37.8. The molecule has 4 atom stereocenters. The second-order valence-corrected chi connectivity index (χ2v) is 7.87. The van der Waals surface area contributed by atoms with Crippen LogP contribution in [0.15, 0.2) is 54.6 Å². The van der Waals surface area contributed by atoms with Crippen molar-refractivity contribution in [1.82, 2.24) is 0 Å². The minimum atomic E-state index is -1.66. The van der Waals surface area contributed by atoms with E-state index in [4.69, 9.17) is 14.2 Å². The molecule has 2 aromatic rings. The van der Waals surface area contributed by atoms with Gasteiger partial charge in [0.2, 0.25) is 0 Å². The summed E-state index contributed by atoms with van der Waals surface area (Å²) in [6.07, 6.45) is -0.346. The van der Waals surface area contributed by atoms with Gasteiger partial charge in [0.05, 0.1) is 25.7 Å². The zero-order valence-corrected chi connectivity index (χ0v) is 17.7. The number of methoxy groups -OCH3 is 2. The van der Waals surface area contributed by atoms with Crippen molar-refractivity contribution in [3.05, 3.63) is 65.7 Å². The number of ketones is 1. The van der Waals surface area contributed by atoms with Gasteiger partial charge in [0, 0.05) is 12.3 Å². The molecule has 0 heterocycles. The number of rotatable bonds is 6. The minimum absolute atomic E-state index is 0.346. The van der Waals surface area contributed by atoms with Crippen LogP contribution >= 0.6 is 0 Å². The van der Waals surface area contributed by atoms with Crippen LogP contribution in [0.25, 0.3) is 0 Å². The number of hydrogen-bond acceptors (Lipinski definition) is 7. The monoisotopic (exact) mass is 426 g/mol. The molecule has 2 aromatic carbocycles. The molecule has 0 aromatic heterocycles. The summed E-state index contributed by atoms with van der Waals surface area (Å²) in [5.41, 5.74) is -0.120. The van der Waals surface area contributed by atoms with E-state index in [-0.39, 0.29) is 6.42 Å². The van der Waals surface area contributed by atoms with Crippen LogP contribution in [0.2, 0.25) is 0 Å². The maximum atomic E-state index is 12.7. The standard InChI is InChI=1S/C24H26O7/c1-24(28)13-18(25)20(22(26)29-2)19(21(24)23(27)30-3)16-9-11-17(12-10-16)31-14-15-7-5-4-6-8-15/h4-12,19-21,28H,13-14H2,1-3H3/t19-,20-,21+,24-/m0/s1. The Labute approximate surface area is 180 Å². The highest BCUT2D eigenvalue weighted by Gasteiger charge is 2.56. The molecule has 1 fully saturated rings. The summed E-state index contributed by atoms with van der Waals surface area (Å²) in [5.74, 6) is -4.60. The number of benzene rings is 2. The van der Waals surface area contributed by atoms with Crippen molar-refractivity contribution in [1.29, 1.82) is 0 Å². The molecule has 164 valence electrons. The predicted molar refractivity (Wildman–Crippen MR) is 111 cm³/mol. The highest BCUT2D eigenvalue weighted by molar-refractivity contribution is 6.02. The van der Waals surface area contributed by atoms with Crippen molar-refractivity contribution in [2.24, 2.45) is 11.8 Å². The summed E-state index contributed by atoms with van der Waals surface area (Å²) in [6.45, 7) is 1.79. The molecule has 0 spiro atoms. The zero-order chi connectivity index (χ0) is 22.6. The van der Waals surface area contributed by atoms with Gasteiger partial charge in [-0.05, 0) is 30.2 Å². The lowest BCUT2D eigenvalue weighted by atomic mass is 9.62. The minimum Gasteiger partial charge on any atom is -0.489 e. The van der Waals surface area contributed by atoms with Crippen molar-refractivity contribution >= 4 is 17.7 Å². The van der Waals surface area contributed by atoms with E-state index in [0.29, 0.717) is 17.9 Å². The molecule has 0 aliphatic heterocycles. The molecule has 0 saturated heterocycles. The number of carbonyl (C=O) groups is 3. The first kappa shape index (κ1) is 22.5. The smallest absolute Gasteiger partial charge is 0.316 e. The van der Waals surface area contributed by atoms with E-state index < -0.39 is 41.1 Å². The Morgan fingerprint density at radius 2 is 1.61 bits per heavy atom. The van der Waals surface area contributed by atoms with Gasteiger partial charge in [-0.3, -0.25) is 14.4 Å². The summed E-state index contributed by atoms with van der Waals surface area (Å²) in [5, 5.41) is 10.9. The zero-order valence-electron chi connectivity index (χ0n) is 17.7. The van der Waals surface area contributed by atoms with E-state index in [0.717, 1.165) is 5.56 Å². The highest BCUT2D eigenvalue weighted by atomic mass is 16.5. The van der Waals surface area contributed by atoms with Gasteiger partial charge in [0.1, 0.15) is 18.3 Å². The van der Waals surface area contributed by atoms with Crippen molar-refractivity contribution in [3.8, 4) is 5.75 Å². The van der Waals surface area contributed by atoms with E-state index in [2.05, 4.69) is 0 Å². The van der Waals surface area contributed by atoms with Gasteiger partial charge in [-0.1, -0.05) is 42.5 Å². The van der Waals surface area contributed by atoms with Crippen LogP contribution in [0.3, 0.4) is 0 Å². The first-order chi connectivity index (χ1) is 14.8. The first-order valence-electron chi connectivity index (χ1n) is 9.96. The Morgan fingerprint density at radius 3 is 2.19 bits per heavy atom. The van der Waals surface area contributed by atoms with E-state index in [1.807, 2.05) is 30.3 Å². The molecule has 1 saturated carbocycles. The first-order valence-corrected chi connectivity index (χ1v) is 9.96. The van der Waals surface area contributed by atoms with Crippen molar-refractivity contribution in [2.75, 3.05) is 14.2 Å². The maximum absolute atomic E-state index is 12.7. The van der Waals surface area contributed by atoms with Gasteiger partial charge in [-0.25, -0.2) is 0 Å². The molecule has 1 aliphatic carbocycles. The lowest BCUT2D eigenvalue weighted by Crippen LogP contribution is -2.55. The largest absolute Gasteiger partial charge is 0.489 e. The molecule has 7 heteroatoms. The Balaban J connectivity index is 1.93. The number of aliphatic hydroxyl groups is 1. The van der Waals surface area contributed by atoms with Crippen LogP contribution in [0.1, 0.15) is 30.4 Å². The fourth-order valence-electron chi connectivity index (χ4n) is 4.20. The lowest BCUT2D eigenvalue weighted by Gasteiger charge is -2.43. The van der Waals surface area contributed by atoms with Crippen LogP contribution in [-0.4, -0.2) is 42.6 Å². The lowest BCUT2D eigenvalue weighted by molar-refractivity contribution is -0.170. The SMILES string of the molecule is COC(=O)[C@H]1C(=O)C[C@](C)(O)[C@@H](C(=O)OC)[C@H]1c1ccc(OCc2ccccc2)cc1. The Morgan fingerprint density at radius 1 is 1.00 bits per heavy atom. The quantitative estimate of drug-likeness (QED) is 0.560. The van der Waals surface area contributed by atoms with Crippen molar-refractivity contribution in [2.45, 2.75) is 31.5 Å². The van der Waals surface area contributed by atoms with Crippen molar-refractivity contribution in [3.63, 3.8) is 0 Å². The topological polar surface area (TPSA) is 99.1 Å². The summed E-state index contributed by atoms with van der Waals surface area (Å²) in [7, 11) is 2.40.